The van der Waals surface area contributed by atoms with Crippen LogP contribution < -0.4 is 5.32 Å². The highest BCUT2D eigenvalue weighted by Crippen LogP contribution is 2.18. The molecule has 0 saturated carbocycles. The summed E-state index contributed by atoms with van der Waals surface area (Å²) >= 11 is 5.16. The summed E-state index contributed by atoms with van der Waals surface area (Å²) in [6.07, 6.45) is 10.0. The second-order valence-corrected chi connectivity index (χ2v) is 3.89. The monoisotopic (exact) mass is 179 g/mol. The third kappa shape index (κ3) is 1.65. The molecule has 2 aliphatic rings. The Morgan fingerprint density at radius 3 is 3.08 bits per heavy atom. The fourth-order valence-corrected chi connectivity index (χ4v) is 2.02. The molecule has 2 heteroatoms. The smallest absolute Gasteiger partial charge is 0.0321 e. The second kappa shape index (κ2) is 3.50. The first-order chi connectivity index (χ1) is 5.86. The maximum atomic E-state index is 5.16. The van der Waals surface area contributed by atoms with Crippen molar-refractivity contribution in [1.82, 2.24) is 5.32 Å². The molecule has 0 bridgehead atoms. The van der Waals surface area contributed by atoms with E-state index in [0.717, 1.165) is 17.8 Å². The molecule has 64 valence electrons. The molecule has 1 fully saturated rings. The van der Waals surface area contributed by atoms with E-state index in [1.165, 1.54) is 18.4 Å². The molecule has 0 aromatic rings. The average molecular weight is 179 g/mol. The molecule has 1 aliphatic heterocycles. The minimum absolute atomic E-state index is 0.569. The number of hydrogen-bond acceptors (Lipinski definition) is 2. The Labute approximate surface area is 78.5 Å². The van der Waals surface area contributed by atoms with Gasteiger partial charge in [-0.2, -0.15) is 0 Å². The zero-order valence-electron chi connectivity index (χ0n) is 7.05. The fourth-order valence-electron chi connectivity index (χ4n) is 1.79. The van der Waals surface area contributed by atoms with Gasteiger partial charge in [-0.25, -0.2) is 0 Å². The Hall–Kier alpha value is -0.470. The molecule has 1 heterocycles. The highest BCUT2D eigenvalue weighted by molar-refractivity contribution is 7.80. The highest BCUT2D eigenvalue weighted by atomic mass is 32.1. The van der Waals surface area contributed by atoms with Crippen LogP contribution in [0.5, 0.6) is 0 Å². The normalized spacial score (nSPS) is 29.2. The Kier molecular flexibility index (Phi) is 2.38. The van der Waals surface area contributed by atoms with Crippen LogP contribution in [0.1, 0.15) is 19.3 Å². The van der Waals surface area contributed by atoms with Crippen LogP contribution in [-0.4, -0.2) is 17.5 Å². The van der Waals surface area contributed by atoms with Crippen LogP contribution in [-0.2, 0) is 0 Å². The van der Waals surface area contributed by atoms with E-state index >= 15 is 0 Å². The molecule has 0 aromatic carbocycles. The first kappa shape index (κ1) is 8.14. The van der Waals surface area contributed by atoms with Crippen LogP contribution in [0.3, 0.4) is 0 Å². The van der Waals surface area contributed by atoms with E-state index in [0.29, 0.717) is 6.04 Å². The Balaban J connectivity index is 2.11. The van der Waals surface area contributed by atoms with Crippen molar-refractivity contribution in [3.8, 4) is 0 Å². The molecule has 1 N–H and O–H groups in total. The molecular formula is C10H13NS. The lowest BCUT2D eigenvalue weighted by atomic mass is 9.99. The summed E-state index contributed by atoms with van der Waals surface area (Å²) in [6.45, 7) is 1.16. The number of hydrogen-bond donors (Lipinski definition) is 1. The van der Waals surface area contributed by atoms with Crippen LogP contribution in [0.25, 0.3) is 0 Å². The molecule has 0 aromatic heterocycles. The number of allylic oxidation sites excluding steroid dienone is 2. The molecule has 0 amide bonds. The van der Waals surface area contributed by atoms with Gasteiger partial charge in [-0.3, -0.25) is 0 Å². The van der Waals surface area contributed by atoms with Crippen molar-refractivity contribution in [2.75, 3.05) is 6.54 Å². The van der Waals surface area contributed by atoms with Crippen LogP contribution in [0.4, 0.5) is 0 Å². The van der Waals surface area contributed by atoms with Gasteiger partial charge in [0.2, 0.25) is 0 Å². The standard InChI is InChI=1S/C10H13NS/c12-9-4-1-3-8(7-9)10-5-2-6-11-10/h1,3,7,10-11H,2,4-6H2. The summed E-state index contributed by atoms with van der Waals surface area (Å²) in [7, 11) is 0. The third-order valence-corrected chi connectivity index (χ3v) is 2.70. The maximum absolute atomic E-state index is 5.16. The van der Waals surface area contributed by atoms with Gasteiger partial charge in [-0.15, -0.1) is 0 Å². The zero-order chi connectivity index (χ0) is 8.39. The largest absolute Gasteiger partial charge is 0.310 e. The Morgan fingerprint density at radius 1 is 1.50 bits per heavy atom. The predicted molar refractivity (Wildman–Crippen MR) is 55.5 cm³/mol. The Morgan fingerprint density at radius 2 is 2.42 bits per heavy atom. The van der Waals surface area contributed by atoms with Gasteiger partial charge < -0.3 is 5.32 Å². The van der Waals surface area contributed by atoms with E-state index in [1.54, 1.807) is 0 Å². The van der Waals surface area contributed by atoms with E-state index in [1.807, 2.05) is 0 Å². The molecule has 1 saturated heterocycles. The maximum Gasteiger partial charge on any atom is 0.0321 e. The first-order valence-electron chi connectivity index (χ1n) is 4.50. The van der Waals surface area contributed by atoms with Gasteiger partial charge in [-0.05, 0) is 31.0 Å². The van der Waals surface area contributed by atoms with Gasteiger partial charge in [-0.1, -0.05) is 24.4 Å². The summed E-state index contributed by atoms with van der Waals surface area (Å²) in [5.74, 6) is 0. The minimum Gasteiger partial charge on any atom is -0.310 e. The number of rotatable bonds is 1. The summed E-state index contributed by atoms with van der Waals surface area (Å²) in [6, 6.07) is 0.569. The molecular weight excluding hydrogens is 166 g/mol. The van der Waals surface area contributed by atoms with Crippen molar-refractivity contribution in [1.29, 1.82) is 0 Å². The summed E-state index contributed by atoms with van der Waals surface area (Å²) in [5, 5.41) is 3.47. The molecule has 1 unspecified atom stereocenters. The number of thiocarbonyl (C=S) groups is 1. The average Bonchev–Trinajstić information content (AvgIpc) is 2.56. The van der Waals surface area contributed by atoms with Gasteiger partial charge >= 0.3 is 0 Å². The lowest BCUT2D eigenvalue weighted by Gasteiger charge is -2.14. The van der Waals surface area contributed by atoms with Gasteiger partial charge in [0.05, 0.1) is 0 Å². The van der Waals surface area contributed by atoms with Gasteiger partial charge in [0.1, 0.15) is 0 Å². The van der Waals surface area contributed by atoms with Crippen LogP contribution in [0.15, 0.2) is 23.8 Å². The zero-order valence-corrected chi connectivity index (χ0v) is 7.86. The lowest BCUT2D eigenvalue weighted by molar-refractivity contribution is 0.702. The van der Waals surface area contributed by atoms with Crippen molar-refractivity contribution >= 4 is 17.1 Å². The molecule has 1 aliphatic carbocycles. The van der Waals surface area contributed by atoms with Crippen LogP contribution in [0, 0.1) is 0 Å². The SMILES string of the molecule is S=C1C=C(C2CCCN2)C=CC1. The van der Waals surface area contributed by atoms with Crippen molar-refractivity contribution in [3.05, 3.63) is 23.8 Å². The number of nitrogens with one attached hydrogen (secondary N) is 1. The van der Waals surface area contributed by atoms with E-state index in [4.69, 9.17) is 12.2 Å². The summed E-state index contributed by atoms with van der Waals surface area (Å²) in [4.78, 5) is 1.07. The van der Waals surface area contributed by atoms with E-state index in [9.17, 15) is 0 Å². The molecule has 2 rings (SSSR count). The molecule has 1 nitrogen and oxygen atoms in total. The molecule has 12 heavy (non-hydrogen) atoms. The summed E-state index contributed by atoms with van der Waals surface area (Å²) in [5.41, 5.74) is 1.38. The fraction of sp³-hybridized carbons (Fsp3) is 0.500. The minimum atomic E-state index is 0.569. The highest BCUT2D eigenvalue weighted by Gasteiger charge is 2.17. The third-order valence-electron chi connectivity index (χ3n) is 2.42. The van der Waals surface area contributed by atoms with Gasteiger partial charge in [0.25, 0.3) is 0 Å². The summed E-state index contributed by atoms with van der Waals surface area (Å²) < 4.78 is 0. The quantitative estimate of drug-likeness (QED) is 0.618. The van der Waals surface area contributed by atoms with E-state index < -0.39 is 0 Å². The molecule has 0 radical (unpaired) electrons. The van der Waals surface area contributed by atoms with E-state index in [2.05, 4.69) is 23.5 Å². The van der Waals surface area contributed by atoms with Crippen LogP contribution >= 0.6 is 12.2 Å². The second-order valence-electron chi connectivity index (χ2n) is 3.37. The lowest BCUT2D eigenvalue weighted by Crippen LogP contribution is -2.24. The molecule has 0 spiro atoms. The first-order valence-corrected chi connectivity index (χ1v) is 4.91. The van der Waals surface area contributed by atoms with Gasteiger partial charge in [0.15, 0.2) is 0 Å². The molecule has 1 atom stereocenters. The van der Waals surface area contributed by atoms with E-state index in [-0.39, 0.29) is 0 Å². The topological polar surface area (TPSA) is 12.0 Å². The Bertz CT molecular complexity index is 247. The van der Waals surface area contributed by atoms with Crippen molar-refractivity contribution in [2.24, 2.45) is 0 Å². The van der Waals surface area contributed by atoms with Crippen LogP contribution in [0.2, 0.25) is 0 Å². The van der Waals surface area contributed by atoms with Crippen molar-refractivity contribution in [3.63, 3.8) is 0 Å². The predicted octanol–water partition coefficient (Wildman–Crippen LogP) is 1.99. The van der Waals surface area contributed by atoms with Gasteiger partial charge in [0, 0.05) is 17.3 Å². The van der Waals surface area contributed by atoms with Crippen molar-refractivity contribution < 1.29 is 0 Å². The van der Waals surface area contributed by atoms with Crippen molar-refractivity contribution in [2.45, 2.75) is 25.3 Å².